The molecule has 1 aliphatic carbocycles. The summed E-state index contributed by atoms with van der Waals surface area (Å²) in [6.45, 7) is 0. The van der Waals surface area contributed by atoms with Crippen LogP contribution in [0.15, 0.2) is 194 Å². The number of benzene rings is 7. The van der Waals surface area contributed by atoms with Crippen molar-refractivity contribution in [3.8, 4) is 56.4 Å². The fourth-order valence-electron chi connectivity index (χ4n) is 8.09. The number of rotatable bonds is 6. The summed E-state index contributed by atoms with van der Waals surface area (Å²) in [7, 11) is 0. The summed E-state index contributed by atoms with van der Waals surface area (Å²) in [6, 6.07) is 66.3. The van der Waals surface area contributed by atoms with Gasteiger partial charge >= 0.3 is 0 Å². The predicted octanol–water partition coefficient (Wildman–Crippen LogP) is 11.5. The van der Waals surface area contributed by atoms with Crippen molar-refractivity contribution < 1.29 is 0 Å². The molecule has 53 heavy (non-hydrogen) atoms. The molecule has 1 aliphatic rings. The number of aromatic nitrogens is 4. The zero-order chi connectivity index (χ0) is 35.2. The Kier molecular flexibility index (Phi) is 7.33. The Bertz CT molecular complexity index is 2730. The predicted molar refractivity (Wildman–Crippen MR) is 214 cm³/mol. The summed E-state index contributed by atoms with van der Waals surface area (Å²) < 4.78 is 0. The Hall–Kier alpha value is -7.04. The van der Waals surface area contributed by atoms with E-state index in [1.165, 1.54) is 33.4 Å². The second-order valence-electron chi connectivity index (χ2n) is 13.4. The second-order valence-corrected chi connectivity index (χ2v) is 13.4. The van der Waals surface area contributed by atoms with E-state index in [0.29, 0.717) is 17.5 Å². The van der Waals surface area contributed by atoms with E-state index in [0.717, 1.165) is 38.7 Å². The van der Waals surface area contributed by atoms with Crippen molar-refractivity contribution in [2.24, 2.45) is 0 Å². The monoisotopic (exact) mass is 676 g/mol. The highest BCUT2D eigenvalue weighted by Crippen LogP contribution is 2.56. The highest BCUT2D eigenvalue weighted by atomic mass is 15.0. The van der Waals surface area contributed by atoms with Gasteiger partial charge in [-0.25, -0.2) is 15.0 Å². The van der Waals surface area contributed by atoms with Gasteiger partial charge in [0.25, 0.3) is 0 Å². The molecule has 0 bridgehead atoms. The SMILES string of the molecule is c1ccc(-c2cccc(-c3nc(-c4ccc5c(c4)C(c4ccccc4)(c4ccccc4)c4ccccc4-5)nc(-c4cccc5cccnc45)n3)c2)cc1. The van der Waals surface area contributed by atoms with Crippen LogP contribution in [0, 0.1) is 0 Å². The van der Waals surface area contributed by atoms with Crippen LogP contribution in [0.5, 0.6) is 0 Å². The van der Waals surface area contributed by atoms with Crippen LogP contribution in [-0.4, -0.2) is 19.9 Å². The van der Waals surface area contributed by atoms with Crippen molar-refractivity contribution in [3.05, 3.63) is 217 Å². The first kappa shape index (κ1) is 30.8. The van der Waals surface area contributed by atoms with Crippen LogP contribution >= 0.6 is 0 Å². The third kappa shape index (κ3) is 5.07. The molecule has 0 atom stereocenters. The highest BCUT2D eigenvalue weighted by molar-refractivity contribution is 5.92. The Balaban J connectivity index is 1.23. The Morgan fingerprint density at radius 1 is 0.340 bits per heavy atom. The first-order valence-corrected chi connectivity index (χ1v) is 17.9. The van der Waals surface area contributed by atoms with E-state index in [2.05, 4.69) is 164 Å². The van der Waals surface area contributed by atoms with Crippen LogP contribution in [0.4, 0.5) is 0 Å². The van der Waals surface area contributed by atoms with Gasteiger partial charge in [0.1, 0.15) is 0 Å². The third-order valence-corrected chi connectivity index (χ3v) is 10.5. The molecule has 4 nitrogen and oxygen atoms in total. The molecule has 0 fully saturated rings. The van der Waals surface area contributed by atoms with Gasteiger partial charge in [0.15, 0.2) is 17.5 Å². The number of fused-ring (bicyclic) bond motifs is 4. The summed E-state index contributed by atoms with van der Waals surface area (Å²) in [4.78, 5) is 20.4. The van der Waals surface area contributed by atoms with Crippen molar-refractivity contribution in [2.75, 3.05) is 0 Å². The number of para-hydroxylation sites is 1. The van der Waals surface area contributed by atoms with Gasteiger partial charge in [-0.15, -0.1) is 0 Å². The molecule has 0 amide bonds. The quantitative estimate of drug-likeness (QED) is 0.176. The van der Waals surface area contributed by atoms with Gasteiger partial charge in [-0.2, -0.15) is 0 Å². The van der Waals surface area contributed by atoms with E-state index in [9.17, 15) is 0 Å². The molecule has 0 unspecified atom stereocenters. The van der Waals surface area contributed by atoms with Crippen LogP contribution in [0.3, 0.4) is 0 Å². The van der Waals surface area contributed by atoms with E-state index in [1.807, 2.05) is 30.5 Å². The lowest BCUT2D eigenvalue weighted by Crippen LogP contribution is -2.28. The fourth-order valence-corrected chi connectivity index (χ4v) is 8.09. The lowest BCUT2D eigenvalue weighted by atomic mass is 9.67. The minimum atomic E-state index is -0.535. The van der Waals surface area contributed by atoms with Crippen molar-refractivity contribution in [1.29, 1.82) is 0 Å². The molecule has 7 aromatic carbocycles. The summed E-state index contributed by atoms with van der Waals surface area (Å²) in [6.07, 6.45) is 1.82. The molecule has 0 aliphatic heterocycles. The van der Waals surface area contributed by atoms with E-state index in [4.69, 9.17) is 19.9 Å². The van der Waals surface area contributed by atoms with Gasteiger partial charge < -0.3 is 0 Å². The standard InChI is InChI=1S/C49H32N4/c1-4-15-33(16-5-1)35-18-12-19-36(31-35)46-51-47(53-48(52-46)42-26-13-17-34-20-14-30-50-45(34)42)37-28-29-41-40-25-10-11-27-43(40)49(44(41)32-37,38-21-6-2-7-22-38)39-23-8-3-9-24-39/h1-32H. The molecule has 2 aromatic heterocycles. The van der Waals surface area contributed by atoms with Crippen LogP contribution in [-0.2, 0) is 5.41 Å². The molecule has 9 aromatic rings. The van der Waals surface area contributed by atoms with Crippen LogP contribution in [0.2, 0.25) is 0 Å². The molecule has 0 saturated heterocycles. The van der Waals surface area contributed by atoms with E-state index in [-0.39, 0.29) is 0 Å². The third-order valence-electron chi connectivity index (χ3n) is 10.5. The number of hydrogen-bond acceptors (Lipinski definition) is 4. The van der Waals surface area contributed by atoms with Crippen molar-refractivity contribution in [3.63, 3.8) is 0 Å². The zero-order valence-electron chi connectivity index (χ0n) is 28.8. The fraction of sp³-hybridized carbons (Fsp3) is 0.0204. The Labute approximate surface area is 308 Å². The number of pyridine rings is 1. The molecule has 0 N–H and O–H groups in total. The van der Waals surface area contributed by atoms with E-state index in [1.54, 1.807) is 0 Å². The van der Waals surface area contributed by atoms with Gasteiger partial charge in [-0.1, -0.05) is 164 Å². The maximum absolute atomic E-state index is 5.24. The molecule has 4 heteroatoms. The van der Waals surface area contributed by atoms with Crippen molar-refractivity contribution in [1.82, 2.24) is 19.9 Å². The smallest absolute Gasteiger partial charge is 0.166 e. The van der Waals surface area contributed by atoms with Gasteiger partial charge in [-0.05, 0) is 68.8 Å². The minimum absolute atomic E-state index is 0.535. The molecule has 248 valence electrons. The average molecular weight is 677 g/mol. The van der Waals surface area contributed by atoms with Gasteiger partial charge in [0, 0.05) is 28.3 Å². The Morgan fingerprint density at radius 2 is 0.887 bits per heavy atom. The summed E-state index contributed by atoms with van der Waals surface area (Å²) in [5.41, 5.74) is 12.6. The van der Waals surface area contributed by atoms with Gasteiger partial charge in [0.05, 0.1) is 10.9 Å². The average Bonchev–Trinajstić information content (AvgIpc) is 3.55. The molecule has 0 saturated carbocycles. The summed E-state index contributed by atoms with van der Waals surface area (Å²) >= 11 is 0. The summed E-state index contributed by atoms with van der Waals surface area (Å²) in [5, 5.41) is 1.03. The normalized spacial score (nSPS) is 12.7. The molecule has 10 rings (SSSR count). The molecular weight excluding hydrogens is 645 g/mol. The number of hydrogen-bond donors (Lipinski definition) is 0. The first-order valence-electron chi connectivity index (χ1n) is 17.9. The first-order chi connectivity index (χ1) is 26.3. The van der Waals surface area contributed by atoms with Crippen LogP contribution in [0.1, 0.15) is 22.3 Å². The Morgan fingerprint density at radius 3 is 1.64 bits per heavy atom. The summed E-state index contributed by atoms with van der Waals surface area (Å²) in [5.74, 6) is 1.80. The van der Waals surface area contributed by atoms with E-state index < -0.39 is 5.41 Å². The van der Waals surface area contributed by atoms with E-state index >= 15 is 0 Å². The molecule has 2 heterocycles. The van der Waals surface area contributed by atoms with Gasteiger partial charge in [0.2, 0.25) is 0 Å². The zero-order valence-corrected chi connectivity index (χ0v) is 28.8. The molecule has 0 spiro atoms. The van der Waals surface area contributed by atoms with Crippen molar-refractivity contribution in [2.45, 2.75) is 5.41 Å². The van der Waals surface area contributed by atoms with Crippen LogP contribution < -0.4 is 0 Å². The largest absolute Gasteiger partial charge is 0.255 e. The van der Waals surface area contributed by atoms with Crippen molar-refractivity contribution >= 4 is 10.9 Å². The number of nitrogens with zero attached hydrogens (tertiary/aromatic N) is 4. The highest BCUT2D eigenvalue weighted by Gasteiger charge is 2.46. The lowest BCUT2D eigenvalue weighted by Gasteiger charge is -2.34. The topological polar surface area (TPSA) is 51.6 Å². The molecular formula is C49H32N4. The lowest BCUT2D eigenvalue weighted by molar-refractivity contribution is 0.768. The molecule has 0 radical (unpaired) electrons. The minimum Gasteiger partial charge on any atom is -0.255 e. The van der Waals surface area contributed by atoms with Gasteiger partial charge in [-0.3, -0.25) is 4.98 Å². The maximum atomic E-state index is 5.24. The van der Waals surface area contributed by atoms with Crippen LogP contribution in [0.25, 0.3) is 67.3 Å². The second kappa shape index (κ2) is 12.6. The maximum Gasteiger partial charge on any atom is 0.166 e.